The third-order valence-electron chi connectivity index (χ3n) is 8.35. The molecule has 0 aromatic heterocycles. The van der Waals surface area contributed by atoms with E-state index in [0.717, 1.165) is 12.3 Å². The molecule has 0 radical (unpaired) electrons. The summed E-state index contributed by atoms with van der Waals surface area (Å²) in [6, 6.07) is 0. The average Bonchev–Trinajstić information content (AvgIpc) is 3.13. The first-order valence-corrected chi connectivity index (χ1v) is 13.1. The Morgan fingerprint density at radius 3 is 2.29 bits per heavy atom. The van der Waals surface area contributed by atoms with Gasteiger partial charge in [0.05, 0.1) is 16.8 Å². The largest absolute Gasteiger partial charge is 0.359 e. The first-order chi connectivity index (χ1) is 13.0. The molecule has 160 valence electrons. The Kier molecular flexibility index (Phi) is 5.23. The van der Waals surface area contributed by atoms with Gasteiger partial charge in [-0.1, -0.05) is 13.8 Å². The lowest BCUT2D eigenvalue weighted by Crippen LogP contribution is -2.60. The van der Waals surface area contributed by atoms with E-state index in [1.807, 2.05) is 25.6 Å². The Balaban J connectivity index is 0.000000138. The molecule has 2 saturated carbocycles. The van der Waals surface area contributed by atoms with Crippen molar-refractivity contribution in [2.45, 2.75) is 63.9 Å². The molecule has 4 bridgehead atoms. The van der Waals surface area contributed by atoms with E-state index < -0.39 is 21.3 Å². The molecule has 2 aliphatic carbocycles. The van der Waals surface area contributed by atoms with Gasteiger partial charge in [-0.15, -0.1) is 11.8 Å². The Labute approximate surface area is 172 Å². The summed E-state index contributed by atoms with van der Waals surface area (Å²) in [6.07, 6.45) is 4.71. The van der Waals surface area contributed by atoms with E-state index in [-0.39, 0.29) is 22.7 Å². The second-order valence-electron chi connectivity index (χ2n) is 10.0. The van der Waals surface area contributed by atoms with E-state index in [4.69, 9.17) is 9.29 Å². The number of hydrogen-bond acceptors (Lipinski definition) is 6. The second kappa shape index (κ2) is 6.94. The highest BCUT2D eigenvalue weighted by Gasteiger charge is 2.65. The normalized spacial score (nSPS) is 46.1. The maximum atomic E-state index is 11.9. The number of Topliss-reactive ketones (excluding diaryl/α,β-unsaturated/α-hetero) is 1. The summed E-state index contributed by atoms with van der Waals surface area (Å²) < 4.78 is 37.1. The molecule has 4 atom stereocenters. The fourth-order valence-corrected chi connectivity index (χ4v) is 8.97. The van der Waals surface area contributed by atoms with Gasteiger partial charge in [0.2, 0.25) is 0 Å². The SMILES string of the molecule is CC1(C)C2CCC1(CS(=O)(=O)O)C(=O)C2.C[C@H]1O[C@]2(CS1)CN1CCC2CC1. The Morgan fingerprint density at radius 2 is 1.89 bits per heavy atom. The monoisotopic (exact) mass is 431 g/mol. The zero-order valence-electron chi connectivity index (χ0n) is 17.1. The molecule has 1 spiro atoms. The van der Waals surface area contributed by atoms with Crippen molar-refractivity contribution < 1.29 is 22.5 Å². The standard InChI is InChI=1S/C10H17NOS.C10H16O4S/c1-8-12-10(7-13-8)6-11-4-2-9(10)3-5-11;1-9(2)7-3-4-10(9,8(11)5-7)6-15(12,13)14/h8-9H,2-7H2,1H3;7H,3-6H2,1-2H3,(H,12,13,14)/t8-,10-;/m0./s1. The molecule has 6 nitrogen and oxygen atoms in total. The number of ether oxygens (including phenoxy) is 1. The van der Waals surface area contributed by atoms with Crippen molar-refractivity contribution in [3.05, 3.63) is 0 Å². The molecule has 6 fully saturated rings. The van der Waals surface area contributed by atoms with E-state index in [9.17, 15) is 13.2 Å². The highest BCUT2D eigenvalue weighted by atomic mass is 32.2. The average molecular weight is 432 g/mol. The van der Waals surface area contributed by atoms with Crippen molar-refractivity contribution in [2.24, 2.45) is 22.7 Å². The highest BCUT2D eigenvalue weighted by Crippen LogP contribution is 2.64. The van der Waals surface area contributed by atoms with Crippen LogP contribution >= 0.6 is 11.8 Å². The first kappa shape index (κ1) is 21.1. The predicted molar refractivity (Wildman–Crippen MR) is 110 cm³/mol. The van der Waals surface area contributed by atoms with Gasteiger partial charge in [-0.05, 0) is 62.9 Å². The number of piperidine rings is 3. The maximum Gasteiger partial charge on any atom is 0.265 e. The number of thioether (sulfide) groups is 1. The summed E-state index contributed by atoms with van der Waals surface area (Å²) in [4.78, 5) is 14.5. The summed E-state index contributed by atoms with van der Waals surface area (Å²) in [5.74, 6) is 1.99. The number of carbonyl (C=O) groups excluding carboxylic acids is 1. The zero-order valence-corrected chi connectivity index (χ0v) is 18.8. The summed E-state index contributed by atoms with van der Waals surface area (Å²) in [5.41, 5.74) is -0.438. The highest BCUT2D eigenvalue weighted by molar-refractivity contribution is 8.00. The van der Waals surface area contributed by atoms with E-state index in [0.29, 0.717) is 18.3 Å². The van der Waals surface area contributed by atoms with E-state index in [2.05, 4.69) is 11.8 Å². The molecule has 4 aliphatic heterocycles. The molecule has 2 unspecified atom stereocenters. The van der Waals surface area contributed by atoms with Crippen LogP contribution in [0.3, 0.4) is 0 Å². The number of carbonyl (C=O) groups is 1. The fraction of sp³-hybridized carbons (Fsp3) is 0.950. The van der Waals surface area contributed by atoms with Gasteiger partial charge in [0, 0.05) is 18.7 Å². The molecule has 28 heavy (non-hydrogen) atoms. The molecular weight excluding hydrogens is 398 g/mol. The van der Waals surface area contributed by atoms with Crippen LogP contribution < -0.4 is 0 Å². The number of nitrogens with zero attached hydrogens (tertiary/aromatic N) is 1. The molecule has 0 amide bonds. The van der Waals surface area contributed by atoms with E-state index in [1.54, 1.807) is 0 Å². The minimum Gasteiger partial charge on any atom is -0.359 e. The summed E-state index contributed by atoms with van der Waals surface area (Å²) >= 11 is 1.99. The van der Waals surface area contributed by atoms with Gasteiger partial charge in [0.25, 0.3) is 10.1 Å². The third-order valence-corrected chi connectivity index (χ3v) is 10.4. The number of hydrogen-bond donors (Lipinski definition) is 1. The predicted octanol–water partition coefficient (Wildman–Crippen LogP) is 2.83. The lowest BCUT2D eigenvalue weighted by atomic mass is 9.70. The second-order valence-corrected chi connectivity index (χ2v) is 12.7. The van der Waals surface area contributed by atoms with Gasteiger partial charge in [0.15, 0.2) is 0 Å². The quantitative estimate of drug-likeness (QED) is 0.673. The summed E-state index contributed by atoms with van der Waals surface area (Å²) in [6.45, 7) is 9.91. The molecular formula is C20H33NO5S2. The smallest absolute Gasteiger partial charge is 0.265 e. The van der Waals surface area contributed by atoms with Crippen LogP contribution in [-0.4, -0.2) is 65.8 Å². The lowest BCUT2D eigenvalue weighted by Gasteiger charge is -2.50. The van der Waals surface area contributed by atoms with E-state index >= 15 is 0 Å². The van der Waals surface area contributed by atoms with Crippen molar-refractivity contribution in [3.8, 4) is 0 Å². The molecule has 0 aromatic rings. The third kappa shape index (κ3) is 3.37. The number of fused-ring (bicyclic) bond motifs is 4. The number of ketones is 1. The van der Waals surface area contributed by atoms with Crippen molar-refractivity contribution in [3.63, 3.8) is 0 Å². The van der Waals surface area contributed by atoms with Gasteiger partial charge in [-0.2, -0.15) is 8.42 Å². The molecule has 1 N–H and O–H groups in total. The summed E-state index contributed by atoms with van der Waals surface area (Å²) in [7, 11) is -4.08. The maximum absolute atomic E-state index is 11.9. The van der Waals surface area contributed by atoms with Gasteiger partial charge in [-0.3, -0.25) is 9.35 Å². The van der Waals surface area contributed by atoms with Crippen LogP contribution in [0.1, 0.15) is 52.9 Å². The molecule has 4 saturated heterocycles. The van der Waals surface area contributed by atoms with E-state index in [1.165, 1.54) is 38.2 Å². The Hall–Kier alpha value is -0.150. The minimum absolute atomic E-state index is 0.0152. The van der Waals surface area contributed by atoms with Crippen molar-refractivity contribution in [1.29, 1.82) is 0 Å². The first-order valence-electron chi connectivity index (χ1n) is 10.5. The van der Waals surface area contributed by atoms with Crippen LogP contribution in [0.15, 0.2) is 0 Å². The van der Waals surface area contributed by atoms with Crippen LogP contribution in [0.2, 0.25) is 0 Å². The molecule has 8 heteroatoms. The van der Waals surface area contributed by atoms with Crippen LogP contribution in [0.5, 0.6) is 0 Å². The van der Waals surface area contributed by atoms with Gasteiger partial charge >= 0.3 is 0 Å². The van der Waals surface area contributed by atoms with Gasteiger partial charge < -0.3 is 9.64 Å². The van der Waals surface area contributed by atoms with Gasteiger partial charge in [-0.25, -0.2) is 0 Å². The Morgan fingerprint density at radius 1 is 1.21 bits per heavy atom. The van der Waals surface area contributed by atoms with Crippen LogP contribution in [-0.2, 0) is 19.6 Å². The molecule has 6 aliphatic rings. The van der Waals surface area contributed by atoms with Crippen LogP contribution in [0, 0.1) is 22.7 Å². The molecule has 6 rings (SSSR count). The lowest BCUT2D eigenvalue weighted by molar-refractivity contribution is -0.133. The number of rotatable bonds is 2. The Bertz CT molecular complexity index is 746. The topological polar surface area (TPSA) is 83.9 Å². The van der Waals surface area contributed by atoms with Crippen LogP contribution in [0.4, 0.5) is 0 Å². The van der Waals surface area contributed by atoms with Crippen molar-refractivity contribution in [1.82, 2.24) is 4.90 Å². The van der Waals surface area contributed by atoms with Gasteiger partial charge in [0.1, 0.15) is 11.2 Å². The molecule has 0 aromatic carbocycles. The minimum atomic E-state index is -4.08. The van der Waals surface area contributed by atoms with Crippen molar-refractivity contribution >= 4 is 27.7 Å². The molecule has 4 heterocycles. The summed E-state index contributed by atoms with van der Waals surface area (Å²) in [5, 5.41) is 0. The van der Waals surface area contributed by atoms with Crippen molar-refractivity contribution in [2.75, 3.05) is 31.1 Å². The van der Waals surface area contributed by atoms with Crippen LogP contribution in [0.25, 0.3) is 0 Å². The zero-order chi connectivity index (χ0) is 20.4. The fourth-order valence-electron chi connectivity index (χ4n) is 6.50.